The Labute approximate surface area is 163 Å². The highest BCUT2D eigenvalue weighted by Crippen LogP contribution is 2.32. The molecule has 3 heterocycles. The van der Waals surface area contributed by atoms with Gasteiger partial charge < -0.3 is 10.3 Å². The molecule has 7 nitrogen and oxygen atoms in total. The van der Waals surface area contributed by atoms with Crippen molar-refractivity contribution in [3.05, 3.63) is 41.3 Å². The predicted molar refractivity (Wildman–Crippen MR) is 104 cm³/mol. The first-order valence-corrected chi connectivity index (χ1v) is 10.1. The van der Waals surface area contributed by atoms with E-state index < -0.39 is 0 Å². The summed E-state index contributed by atoms with van der Waals surface area (Å²) in [7, 11) is 0. The molecule has 0 atom stereocenters. The van der Waals surface area contributed by atoms with E-state index in [-0.39, 0.29) is 0 Å². The monoisotopic (exact) mass is 405 g/mol. The topological polar surface area (TPSA) is 86.9 Å². The van der Waals surface area contributed by atoms with Gasteiger partial charge in [0.25, 0.3) is 0 Å². The summed E-state index contributed by atoms with van der Waals surface area (Å²) in [5, 5.41) is 14.6. The highest BCUT2D eigenvalue weighted by atomic mass is 35.5. The molecule has 0 amide bonds. The first-order valence-electron chi connectivity index (χ1n) is 8.10. The number of hydrogen-bond donors (Lipinski definition) is 1. The van der Waals surface area contributed by atoms with Crippen molar-refractivity contribution in [3.63, 3.8) is 0 Å². The number of imidazole rings is 1. The van der Waals surface area contributed by atoms with Gasteiger partial charge in [-0.25, -0.2) is 9.50 Å². The third-order valence-electron chi connectivity index (χ3n) is 3.82. The van der Waals surface area contributed by atoms with E-state index in [9.17, 15) is 0 Å². The van der Waals surface area contributed by atoms with Crippen molar-refractivity contribution in [2.75, 3.05) is 6.54 Å². The molecule has 0 aliphatic heterocycles. The van der Waals surface area contributed by atoms with Crippen molar-refractivity contribution < 1.29 is 0 Å². The highest BCUT2D eigenvalue weighted by molar-refractivity contribution is 8.01. The average Bonchev–Trinajstić information content (AvgIpc) is 3.29. The van der Waals surface area contributed by atoms with Gasteiger partial charge in [0.15, 0.2) is 9.50 Å². The largest absolute Gasteiger partial charge is 0.330 e. The van der Waals surface area contributed by atoms with Gasteiger partial charge in [-0.05, 0) is 37.4 Å². The summed E-state index contributed by atoms with van der Waals surface area (Å²) in [4.78, 5) is 5.49. The van der Waals surface area contributed by atoms with Crippen LogP contribution in [0, 0.1) is 0 Å². The third kappa shape index (κ3) is 3.35. The Morgan fingerprint density at radius 3 is 2.73 bits per heavy atom. The lowest BCUT2D eigenvalue weighted by Crippen LogP contribution is -2.09. The molecular weight excluding hydrogens is 390 g/mol. The summed E-state index contributed by atoms with van der Waals surface area (Å²) in [6, 6.07) is 7.62. The van der Waals surface area contributed by atoms with Crippen molar-refractivity contribution in [2.24, 2.45) is 5.73 Å². The smallest absolute Gasteiger partial charge is 0.213 e. The van der Waals surface area contributed by atoms with Crippen LogP contribution >= 0.6 is 34.7 Å². The molecule has 3 aromatic heterocycles. The molecule has 26 heavy (non-hydrogen) atoms. The van der Waals surface area contributed by atoms with Crippen LogP contribution in [0.4, 0.5) is 0 Å². The van der Waals surface area contributed by atoms with E-state index in [0.717, 1.165) is 38.1 Å². The van der Waals surface area contributed by atoms with Gasteiger partial charge >= 0.3 is 0 Å². The number of rotatable bonds is 6. The van der Waals surface area contributed by atoms with Crippen LogP contribution in [0.25, 0.3) is 16.2 Å². The maximum Gasteiger partial charge on any atom is 0.213 e. The molecule has 0 fully saturated rings. The number of hydrogen-bond acceptors (Lipinski definition) is 7. The van der Waals surface area contributed by atoms with Gasteiger partial charge in [-0.15, -0.1) is 15.3 Å². The first-order chi connectivity index (χ1) is 12.7. The molecule has 0 aliphatic rings. The van der Waals surface area contributed by atoms with Crippen molar-refractivity contribution >= 4 is 39.7 Å². The standard InChI is InChI=1S/C16H16ClN7S2/c1-2-23-13(7-8-18)20-21-15(23)26-16-22-24-9-12(19-14(24)25-16)10-3-5-11(17)6-4-10/h3-6,9H,2,7-8,18H2,1H3. The Balaban J connectivity index is 1.59. The minimum Gasteiger partial charge on any atom is -0.330 e. The zero-order valence-corrected chi connectivity index (χ0v) is 16.4. The van der Waals surface area contributed by atoms with Crippen molar-refractivity contribution in [1.29, 1.82) is 0 Å². The van der Waals surface area contributed by atoms with Crippen molar-refractivity contribution in [1.82, 2.24) is 29.4 Å². The maximum absolute atomic E-state index is 5.94. The van der Waals surface area contributed by atoms with E-state index >= 15 is 0 Å². The van der Waals surface area contributed by atoms with Crippen LogP contribution in [0.15, 0.2) is 40.0 Å². The Bertz CT molecular complexity index is 1000. The van der Waals surface area contributed by atoms with E-state index in [1.54, 1.807) is 4.52 Å². The fourth-order valence-electron chi connectivity index (χ4n) is 2.59. The van der Waals surface area contributed by atoms with Crippen molar-refractivity contribution in [3.8, 4) is 11.3 Å². The van der Waals surface area contributed by atoms with Crippen LogP contribution in [0.3, 0.4) is 0 Å². The molecule has 0 bridgehead atoms. The van der Waals surface area contributed by atoms with Gasteiger partial charge in [-0.2, -0.15) is 0 Å². The number of halogens is 1. The second kappa shape index (κ2) is 7.36. The molecule has 4 rings (SSSR count). The van der Waals surface area contributed by atoms with Crippen LogP contribution in [0.5, 0.6) is 0 Å². The maximum atomic E-state index is 5.94. The fraction of sp³-hybridized carbons (Fsp3) is 0.250. The molecule has 0 saturated carbocycles. The van der Waals surface area contributed by atoms with Gasteiger partial charge in [0.05, 0.1) is 11.9 Å². The molecule has 10 heteroatoms. The van der Waals surface area contributed by atoms with Crippen molar-refractivity contribution in [2.45, 2.75) is 29.4 Å². The molecule has 4 aromatic rings. The lowest BCUT2D eigenvalue weighted by Gasteiger charge is -2.04. The van der Waals surface area contributed by atoms with Gasteiger partial charge in [0.2, 0.25) is 4.96 Å². The van der Waals surface area contributed by atoms with E-state index in [1.165, 1.54) is 23.1 Å². The molecule has 134 valence electrons. The molecule has 0 aliphatic carbocycles. The number of benzene rings is 1. The van der Waals surface area contributed by atoms with E-state index in [1.807, 2.05) is 30.5 Å². The van der Waals surface area contributed by atoms with Crippen LogP contribution in [-0.2, 0) is 13.0 Å². The van der Waals surface area contributed by atoms with Gasteiger partial charge in [-0.1, -0.05) is 35.1 Å². The summed E-state index contributed by atoms with van der Waals surface area (Å²) in [6.07, 6.45) is 2.64. The lowest BCUT2D eigenvalue weighted by molar-refractivity contribution is 0.640. The van der Waals surface area contributed by atoms with E-state index in [2.05, 4.69) is 31.8 Å². The summed E-state index contributed by atoms with van der Waals surface area (Å²) < 4.78 is 4.74. The summed E-state index contributed by atoms with van der Waals surface area (Å²) in [5.74, 6) is 0.906. The summed E-state index contributed by atoms with van der Waals surface area (Å²) in [6.45, 7) is 3.43. The van der Waals surface area contributed by atoms with Crippen LogP contribution in [0.2, 0.25) is 5.02 Å². The zero-order chi connectivity index (χ0) is 18.1. The minimum atomic E-state index is 0.557. The second-order valence-corrected chi connectivity index (χ2v) is 8.12. The summed E-state index contributed by atoms with van der Waals surface area (Å²) >= 11 is 8.96. The van der Waals surface area contributed by atoms with E-state index in [0.29, 0.717) is 18.0 Å². The highest BCUT2D eigenvalue weighted by Gasteiger charge is 2.16. The van der Waals surface area contributed by atoms with Crippen LogP contribution < -0.4 is 5.73 Å². The summed E-state index contributed by atoms with van der Waals surface area (Å²) in [5.41, 5.74) is 7.52. The fourth-order valence-corrected chi connectivity index (χ4v) is 4.65. The molecule has 0 spiro atoms. The number of nitrogens with zero attached hydrogens (tertiary/aromatic N) is 6. The molecule has 2 N–H and O–H groups in total. The molecule has 0 unspecified atom stereocenters. The Hall–Kier alpha value is -1.94. The molecule has 0 radical (unpaired) electrons. The van der Waals surface area contributed by atoms with E-state index in [4.69, 9.17) is 17.3 Å². The quantitative estimate of drug-likeness (QED) is 0.529. The lowest BCUT2D eigenvalue weighted by atomic mass is 10.2. The first kappa shape index (κ1) is 17.5. The van der Waals surface area contributed by atoms with Gasteiger partial charge in [0.1, 0.15) is 5.82 Å². The Morgan fingerprint density at radius 2 is 2.04 bits per heavy atom. The third-order valence-corrected chi connectivity index (χ3v) is 6.03. The predicted octanol–water partition coefficient (Wildman–Crippen LogP) is 3.38. The SMILES string of the molecule is CCn1c(CCN)nnc1Sc1nn2cc(-c3ccc(Cl)cc3)nc2s1. The molecule has 0 saturated heterocycles. The number of aromatic nitrogens is 6. The van der Waals surface area contributed by atoms with Gasteiger partial charge in [0, 0.05) is 23.6 Å². The minimum absolute atomic E-state index is 0.557. The van der Waals surface area contributed by atoms with Crippen LogP contribution in [0.1, 0.15) is 12.7 Å². The normalized spacial score (nSPS) is 11.5. The Kier molecular flexibility index (Phi) is 4.94. The number of fused-ring (bicyclic) bond motifs is 1. The average molecular weight is 406 g/mol. The second-order valence-electron chi connectivity index (χ2n) is 5.51. The zero-order valence-electron chi connectivity index (χ0n) is 14.0. The van der Waals surface area contributed by atoms with Gasteiger partial charge in [-0.3, -0.25) is 0 Å². The Morgan fingerprint density at radius 1 is 1.23 bits per heavy atom. The molecular formula is C16H16ClN7S2. The number of nitrogens with two attached hydrogens (primary N) is 1. The van der Waals surface area contributed by atoms with Crippen LogP contribution in [-0.4, -0.2) is 35.9 Å². The molecule has 1 aromatic carbocycles.